The Morgan fingerprint density at radius 2 is 1.95 bits per heavy atom. The van der Waals surface area contributed by atoms with E-state index < -0.39 is 11.8 Å². The lowest BCUT2D eigenvalue weighted by Gasteiger charge is -2.34. The molecule has 20 heavy (non-hydrogen) atoms. The highest BCUT2D eigenvalue weighted by Gasteiger charge is 2.38. The van der Waals surface area contributed by atoms with Gasteiger partial charge in [-0.3, -0.25) is 4.79 Å². The normalized spacial score (nSPS) is 20.0. The monoisotopic (exact) mass is 278 g/mol. The van der Waals surface area contributed by atoms with Crippen LogP contribution in [-0.4, -0.2) is 18.5 Å². The second-order valence-corrected chi connectivity index (χ2v) is 6.27. The fourth-order valence-electron chi connectivity index (χ4n) is 2.42. The molecule has 0 spiro atoms. The summed E-state index contributed by atoms with van der Waals surface area (Å²) in [5, 5.41) is 2.66. The van der Waals surface area contributed by atoms with Crippen LogP contribution in [0, 0.1) is 17.2 Å². The number of imide groups is 1. The van der Waals surface area contributed by atoms with E-state index in [-0.39, 0.29) is 22.9 Å². The molecule has 2 rings (SSSR count). The van der Waals surface area contributed by atoms with Gasteiger partial charge in [-0.2, -0.15) is 0 Å². The molecule has 0 saturated carbocycles. The predicted octanol–water partition coefficient (Wildman–Crippen LogP) is 2.93. The van der Waals surface area contributed by atoms with Crippen LogP contribution in [0.4, 0.5) is 14.9 Å². The van der Waals surface area contributed by atoms with Crippen molar-refractivity contribution in [2.24, 2.45) is 11.3 Å². The van der Waals surface area contributed by atoms with E-state index in [4.69, 9.17) is 0 Å². The summed E-state index contributed by atoms with van der Waals surface area (Å²) >= 11 is 0. The molecule has 1 aromatic carbocycles. The van der Waals surface area contributed by atoms with Crippen molar-refractivity contribution in [2.45, 2.75) is 27.2 Å². The number of urea groups is 1. The van der Waals surface area contributed by atoms with Gasteiger partial charge < -0.3 is 5.32 Å². The van der Waals surface area contributed by atoms with Crippen LogP contribution < -0.4 is 10.2 Å². The molecule has 1 aliphatic rings. The number of rotatable bonds is 2. The van der Waals surface area contributed by atoms with Crippen molar-refractivity contribution in [1.29, 1.82) is 0 Å². The highest BCUT2D eigenvalue weighted by atomic mass is 19.1. The standard InChI is InChI=1S/C15H19FN2O2/c1-15(2,3)8-10-9-17-14(20)18(13(10)19)12-7-5-4-6-11(12)16/h4-7,10H,8-9H2,1-3H3,(H,17,20). The second-order valence-electron chi connectivity index (χ2n) is 6.27. The third-order valence-corrected chi connectivity index (χ3v) is 3.22. The van der Waals surface area contributed by atoms with Crippen LogP contribution in [0.25, 0.3) is 0 Å². The van der Waals surface area contributed by atoms with Crippen molar-refractivity contribution in [3.05, 3.63) is 30.1 Å². The van der Waals surface area contributed by atoms with E-state index in [1.54, 1.807) is 6.07 Å². The first-order valence-corrected chi connectivity index (χ1v) is 6.66. The van der Waals surface area contributed by atoms with Crippen molar-refractivity contribution in [1.82, 2.24) is 5.32 Å². The van der Waals surface area contributed by atoms with Crippen molar-refractivity contribution in [3.8, 4) is 0 Å². The Bertz CT molecular complexity index is 537. The summed E-state index contributed by atoms with van der Waals surface area (Å²) in [7, 11) is 0. The molecule has 108 valence electrons. The maximum atomic E-state index is 13.8. The minimum atomic E-state index is -0.576. The Morgan fingerprint density at radius 3 is 2.55 bits per heavy atom. The van der Waals surface area contributed by atoms with E-state index in [1.807, 2.05) is 20.8 Å². The van der Waals surface area contributed by atoms with E-state index in [2.05, 4.69) is 5.32 Å². The highest BCUT2D eigenvalue weighted by Crippen LogP contribution is 2.29. The molecule has 5 heteroatoms. The Hall–Kier alpha value is -1.91. The molecule has 1 aliphatic heterocycles. The van der Waals surface area contributed by atoms with Gasteiger partial charge in [0.2, 0.25) is 5.91 Å². The lowest BCUT2D eigenvalue weighted by atomic mass is 9.83. The van der Waals surface area contributed by atoms with E-state index in [1.165, 1.54) is 18.2 Å². The molecule has 0 aliphatic carbocycles. The molecule has 1 N–H and O–H groups in total. The van der Waals surface area contributed by atoms with Crippen LogP contribution >= 0.6 is 0 Å². The van der Waals surface area contributed by atoms with Crippen LogP contribution in [0.2, 0.25) is 0 Å². The molecule has 0 aromatic heterocycles. The second kappa shape index (κ2) is 5.23. The molecule has 0 bridgehead atoms. The van der Waals surface area contributed by atoms with Gasteiger partial charge in [0.15, 0.2) is 0 Å². The van der Waals surface area contributed by atoms with Gasteiger partial charge in [-0.15, -0.1) is 0 Å². The first kappa shape index (κ1) is 14.5. The van der Waals surface area contributed by atoms with Gasteiger partial charge in [0, 0.05) is 6.54 Å². The molecule has 1 atom stereocenters. The number of nitrogens with one attached hydrogen (secondary N) is 1. The fourth-order valence-corrected chi connectivity index (χ4v) is 2.42. The molecule has 3 amide bonds. The average molecular weight is 278 g/mol. The number of nitrogens with zero attached hydrogens (tertiary/aromatic N) is 1. The number of amides is 3. The number of hydrogen-bond donors (Lipinski definition) is 1. The third-order valence-electron chi connectivity index (χ3n) is 3.22. The van der Waals surface area contributed by atoms with Crippen molar-refractivity contribution in [3.63, 3.8) is 0 Å². The summed E-state index contributed by atoms with van der Waals surface area (Å²) in [6, 6.07) is 5.24. The predicted molar refractivity (Wildman–Crippen MR) is 74.8 cm³/mol. The molecular formula is C15H19FN2O2. The largest absolute Gasteiger partial charge is 0.337 e. The molecule has 1 heterocycles. The Morgan fingerprint density at radius 1 is 1.30 bits per heavy atom. The molecule has 1 fully saturated rings. The van der Waals surface area contributed by atoms with Gasteiger partial charge in [0.25, 0.3) is 0 Å². The van der Waals surface area contributed by atoms with Crippen molar-refractivity contribution < 1.29 is 14.0 Å². The minimum Gasteiger partial charge on any atom is -0.337 e. The van der Waals surface area contributed by atoms with Gasteiger partial charge in [-0.05, 0) is 24.0 Å². The quantitative estimate of drug-likeness (QED) is 0.904. The summed E-state index contributed by atoms with van der Waals surface area (Å²) < 4.78 is 13.8. The number of hydrogen-bond acceptors (Lipinski definition) is 2. The number of carbonyl (C=O) groups excluding carboxylic acids is 2. The minimum absolute atomic E-state index is 0.00797. The zero-order chi connectivity index (χ0) is 14.9. The number of carbonyl (C=O) groups is 2. The highest BCUT2D eigenvalue weighted by molar-refractivity contribution is 6.16. The van der Waals surface area contributed by atoms with Gasteiger partial charge >= 0.3 is 6.03 Å². The summed E-state index contributed by atoms with van der Waals surface area (Å²) in [5.74, 6) is -1.24. The first-order chi connectivity index (χ1) is 9.29. The Labute approximate surface area is 118 Å². The van der Waals surface area contributed by atoms with Crippen LogP contribution in [-0.2, 0) is 4.79 Å². The van der Waals surface area contributed by atoms with E-state index in [9.17, 15) is 14.0 Å². The van der Waals surface area contributed by atoms with Crippen molar-refractivity contribution >= 4 is 17.6 Å². The molecule has 1 saturated heterocycles. The smallest absolute Gasteiger partial charge is 0.328 e. The molecule has 1 aromatic rings. The van der Waals surface area contributed by atoms with E-state index in [0.717, 1.165) is 4.90 Å². The molecular weight excluding hydrogens is 259 g/mol. The Balaban J connectivity index is 2.30. The number of para-hydroxylation sites is 1. The summed E-state index contributed by atoms with van der Waals surface area (Å²) in [6.07, 6.45) is 0.636. The van der Waals surface area contributed by atoms with Crippen LogP contribution in [0.1, 0.15) is 27.2 Å². The molecule has 4 nitrogen and oxygen atoms in total. The van der Waals surface area contributed by atoms with E-state index in [0.29, 0.717) is 13.0 Å². The molecule has 1 unspecified atom stereocenters. The molecule has 0 radical (unpaired) electrons. The third kappa shape index (κ3) is 2.98. The Kier molecular flexibility index (Phi) is 3.79. The maximum absolute atomic E-state index is 13.8. The lowest BCUT2D eigenvalue weighted by Crippen LogP contribution is -2.56. The number of halogens is 1. The van der Waals surface area contributed by atoms with Crippen LogP contribution in [0.3, 0.4) is 0 Å². The van der Waals surface area contributed by atoms with Crippen molar-refractivity contribution in [2.75, 3.05) is 11.4 Å². The fraction of sp³-hybridized carbons (Fsp3) is 0.467. The van der Waals surface area contributed by atoms with Gasteiger partial charge in [-0.25, -0.2) is 14.1 Å². The zero-order valence-corrected chi connectivity index (χ0v) is 11.9. The first-order valence-electron chi connectivity index (χ1n) is 6.66. The zero-order valence-electron chi connectivity index (χ0n) is 11.9. The SMILES string of the molecule is CC(C)(C)CC1CNC(=O)N(c2ccccc2F)C1=O. The van der Waals surface area contributed by atoms with Gasteiger partial charge in [-0.1, -0.05) is 32.9 Å². The number of anilines is 1. The summed E-state index contributed by atoms with van der Waals surface area (Å²) in [5.41, 5.74) is -0.0304. The summed E-state index contributed by atoms with van der Waals surface area (Å²) in [6.45, 7) is 6.40. The average Bonchev–Trinajstić information content (AvgIpc) is 2.34. The van der Waals surface area contributed by atoms with Gasteiger partial charge in [0.1, 0.15) is 5.82 Å². The summed E-state index contributed by atoms with van der Waals surface area (Å²) in [4.78, 5) is 25.3. The number of benzene rings is 1. The lowest BCUT2D eigenvalue weighted by molar-refractivity contribution is -0.123. The van der Waals surface area contributed by atoms with Crippen LogP contribution in [0.15, 0.2) is 24.3 Å². The van der Waals surface area contributed by atoms with Gasteiger partial charge in [0.05, 0.1) is 11.6 Å². The maximum Gasteiger partial charge on any atom is 0.328 e. The van der Waals surface area contributed by atoms with E-state index >= 15 is 0 Å². The van der Waals surface area contributed by atoms with Crippen LogP contribution in [0.5, 0.6) is 0 Å². The topological polar surface area (TPSA) is 49.4 Å².